The molecule has 7 nitrogen and oxygen atoms in total. The van der Waals surface area contributed by atoms with Gasteiger partial charge in [-0.25, -0.2) is 9.97 Å². The molecule has 1 amide bonds. The van der Waals surface area contributed by atoms with Crippen LogP contribution in [-0.2, 0) is 4.79 Å². The van der Waals surface area contributed by atoms with Gasteiger partial charge in [0.2, 0.25) is 5.91 Å². The summed E-state index contributed by atoms with van der Waals surface area (Å²) in [6.07, 6.45) is 1.53. The number of benzene rings is 1. The summed E-state index contributed by atoms with van der Waals surface area (Å²) in [5.74, 6) is -0.0900. The molecule has 0 bridgehead atoms. The van der Waals surface area contributed by atoms with Gasteiger partial charge in [0.05, 0.1) is 26.6 Å². The largest absolute Gasteiger partial charge is 0.323 e. The molecule has 0 aliphatic carbocycles. The van der Waals surface area contributed by atoms with Gasteiger partial charge in [-0.1, -0.05) is 23.4 Å². The summed E-state index contributed by atoms with van der Waals surface area (Å²) in [5, 5.41) is 13.7. The zero-order valence-electron chi connectivity index (χ0n) is 11.9. The number of carbonyl (C=O) groups is 1. The average molecular weight is 381 g/mol. The molecule has 122 valence electrons. The Balaban J connectivity index is 1.66. The normalized spacial score (nSPS) is 10.7. The highest BCUT2D eigenvalue weighted by Crippen LogP contribution is 2.31. The number of non-ortho nitro benzene ring substituents is 1. The van der Waals surface area contributed by atoms with E-state index in [4.69, 9.17) is 11.6 Å². The van der Waals surface area contributed by atoms with E-state index in [-0.39, 0.29) is 22.5 Å². The Morgan fingerprint density at radius 1 is 1.42 bits per heavy atom. The van der Waals surface area contributed by atoms with Crippen LogP contribution in [0.25, 0.3) is 10.2 Å². The molecule has 0 saturated heterocycles. The number of amides is 1. The van der Waals surface area contributed by atoms with Gasteiger partial charge in [0.1, 0.15) is 0 Å². The number of thiazole rings is 1. The van der Waals surface area contributed by atoms with Gasteiger partial charge in [-0.05, 0) is 18.2 Å². The number of nitro benzene ring substituents is 1. The smallest absolute Gasteiger partial charge is 0.270 e. The number of rotatable bonds is 5. The van der Waals surface area contributed by atoms with E-state index >= 15 is 0 Å². The van der Waals surface area contributed by atoms with Gasteiger partial charge in [0.15, 0.2) is 9.49 Å². The van der Waals surface area contributed by atoms with Gasteiger partial charge < -0.3 is 5.32 Å². The molecule has 0 radical (unpaired) electrons. The molecular formula is C14H9ClN4O3S2. The Kier molecular flexibility index (Phi) is 4.93. The van der Waals surface area contributed by atoms with Crippen LogP contribution in [0.3, 0.4) is 0 Å². The first-order valence-corrected chi connectivity index (χ1v) is 8.79. The lowest BCUT2D eigenvalue weighted by Crippen LogP contribution is -2.14. The van der Waals surface area contributed by atoms with Gasteiger partial charge >= 0.3 is 0 Å². The Bertz CT molecular complexity index is 931. The Labute approximate surface area is 149 Å². The van der Waals surface area contributed by atoms with Crippen LogP contribution >= 0.6 is 34.7 Å². The van der Waals surface area contributed by atoms with E-state index < -0.39 is 4.92 Å². The van der Waals surface area contributed by atoms with Crippen molar-refractivity contribution in [2.75, 3.05) is 11.1 Å². The number of hydrogen-bond donors (Lipinski definition) is 1. The molecule has 0 aliphatic heterocycles. The van der Waals surface area contributed by atoms with Gasteiger partial charge in [0, 0.05) is 18.3 Å². The zero-order valence-corrected chi connectivity index (χ0v) is 14.3. The molecule has 2 heterocycles. The molecule has 0 fully saturated rings. The van der Waals surface area contributed by atoms with Crippen LogP contribution in [-0.4, -0.2) is 26.6 Å². The topological polar surface area (TPSA) is 98.0 Å². The van der Waals surface area contributed by atoms with Gasteiger partial charge in [-0.3, -0.25) is 14.9 Å². The summed E-state index contributed by atoms with van der Waals surface area (Å²) in [6, 6.07) is 7.83. The first kappa shape index (κ1) is 16.6. The van der Waals surface area contributed by atoms with Crippen LogP contribution < -0.4 is 5.32 Å². The van der Waals surface area contributed by atoms with Crippen LogP contribution in [0, 0.1) is 10.1 Å². The fourth-order valence-electron chi connectivity index (χ4n) is 1.86. The third kappa shape index (κ3) is 3.81. The van der Waals surface area contributed by atoms with Crippen molar-refractivity contribution in [2.45, 2.75) is 4.34 Å². The maximum atomic E-state index is 12.0. The number of nitrogens with one attached hydrogen (secondary N) is 1. The van der Waals surface area contributed by atoms with E-state index in [1.807, 2.05) is 0 Å². The number of fused-ring (bicyclic) bond motifs is 1. The number of anilines is 1. The van der Waals surface area contributed by atoms with E-state index in [0.29, 0.717) is 20.2 Å². The highest BCUT2D eigenvalue weighted by molar-refractivity contribution is 8.01. The standard InChI is InChI=1S/C14H9ClN4O3S2/c15-13-10(2-1-5-16-13)17-12(20)7-23-14-18-9-4-3-8(19(21)22)6-11(9)24-14/h1-6H,7H2,(H,17,20). The second-order valence-electron chi connectivity index (χ2n) is 4.57. The number of halogens is 1. The predicted molar refractivity (Wildman–Crippen MR) is 94.9 cm³/mol. The summed E-state index contributed by atoms with van der Waals surface area (Å²) < 4.78 is 1.38. The van der Waals surface area contributed by atoms with Gasteiger partial charge in [-0.2, -0.15) is 0 Å². The molecule has 3 rings (SSSR count). The number of nitrogens with zero attached hydrogens (tertiary/aromatic N) is 3. The van der Waals surface area contributed by atoms with Crippen molar-refractivity contribution in [1.29, 1.82) is 0 Å². The first-order valence-electron chi connectivity index (χ1n) is 6.61. The summed E-state index contributed by atoms with van der Waals surface area (Å²) in [6.45, 7) is 0. The quantitative estimate of drug-likeness (QED) is 0.311. The van der Waals surface area contributed by atoms with Crippen molar-refractivity contribution >= 4 is 62.2 Å². The second-order valence-corrected chi connectivity index (χ2v) is 7.18. The van der Waals surface area contributed by atoms with Crippen molar-refractivity contribution < 1.29 is 9.72 Å². The van der Waals surface area contributed by atoms with Crippen molar-refractivity contribution in [3.63, 3.8) is 0 Å². The number of hydrogen-bond acceptors (Lipinski definition) is 7. The van der Waals surface area contributed by atoms with E-state index in [2.05, 4.69) is 15.3 Å². The maximum Gasteiger partial charge on any atom is 0.270 e. The minimum atomic E-state index is -0.447. The third-order valence-electron chi connectivity index (χ3n) is 2.92. The molecule has 3 aromatic rings. The molecule has 1 N–H and O–H groups in total. The summed E-state index contributed by atoms with van der Waals surface area (Å²) >= 11 is 8.45. The summed E-state index contributed by atoms with van der Waals surface area (Å²) in [7, 11) is 0. The lowest BCUT2D eigenvalue weighted by atomic mass is 10.3. The Morgan fingerprint density at radius 3 is 3.00 bits per heavy atom. The summed E-state index contributed by atoms with van der Waals surface area (Å²) in [5.41, 5.74) is 1.14. The molecule has 24 heavy (non-hydrogen) atoms. The molecule has 1 aromatic carbocycles. The van der Waals surface area contributed by atoms with Gasteiger partial charge in [0.25, 0.3) is 5.69 Å². The maximum absolute atomic E-state index is 12.0. The molecule has 0 unspecified atom stereocenters. The molecule has 0 aliphatic rings. The number of carbonyl (C=O) groups excluding carboxylic acids is 1. The van der Waals surface area contributed by atoms with Crippen molar-refractivity contribution in [3.05, 3.63) is 51.8 Å². The highest BCUT2D eigenvalue weighted by atomic mass is 35.5. The molecule has 0 atom stereocenters. The third-order valence-corrected chi connectivity index (χ3v) is 5.39. The van der Waals surface area contributed by atoms with Crippen LogP contribution in [0.5, 0.6) is 0 Å². The van der Waals surface area contributed by atoms with E-state index in [1.165, 1.54) is 41.4 Å². The number of aromatic nitrogens is 2. The van der Waals surface area contributed by atoms with E-state index in [9.17, 15) is 14.9 Å². The fraction of sp³-hybridized carbons (Fsp3) is 0.0714. The molecule has 2 aromatic heterocycles. The molecule has 10 heteroatoms. The zero-order chi connectivity index (χ0) is 17.1. The lowest BCUT2D eigenvalue weighted by Gasteiger charge is -2.04. The number of pyridine rings is 1. The van der Waals surface area contributed by atoms with Crippen molar-refractivity contribution in [3.8, 4) is 0 Å². The number of nitro groups is 1. The first-order chi connectivity index (χ1) is 11.5. The van der Waals surface area contributed by atoms with Crippen molar-refractivity contribution in [1.82, 2.24) is 9.97 Å². The lowest BCUT2D eigenvalue weighted by molar-refractivity contribution is -0.384. The highest BCUT2D eigenvalue weighted by Gasteiger charge is 2.12. The monoisotopic (exact) mass is 380 g/mol. The van der Waals surface area contributed by atoms with Crippen LogP contribution in [0.2, 0.25) is 5.15 Å². The average Bonchev–Trinajstić information content (AvgIpc) is 2.97. The molecule has 0 saturated carbocycles. The minimum absolute atomic E-state index is 0.0201. The second kappa shape index (κ2) is 7.12. The molecule has 0 spiro atoms. The SMILES string of the molecule is O=C(CSc1nc2ccc([N+](=O)[O-])cc2s1)Nc1cccnc1Cl. The van der Waals surface area contributed by atoms with Crippen LogP contribution in [0.4, 0.5) is 11.4 Å². The Morgan fingerprint density at radius 2 is 2.25 bits per heavy atom. The fourth-order valence-corrected chi connectivity index (χ4v) is 3.93. The molecular weight excluding hydrogens is 372 g/mol. The minimum Gasteiger partial charge on any atom is -0.323 e. The summed E-state index contributed by atoms with van der Waals surface area (Å²) in [4.78, 5) is 30.5. The van der Waals surface area contributed by atoms with E-state index in [0.717, 1.165) is 0 Å². The van der Waals surface area contributed by atoms with Crippen LogP contribution in [0.1, 0.15) is 0 Å². The van der Waals surface area contributed by atoms with Crippen LogP contribution in [0.15, 0.2) is 40.9 Å². The Hall–Kier alpha value is -2.23. The van der Waals surface area contributed by atoms with Gasteiger partial charge in [-0.15, -0.1) is 11.3 Å². The predicted octanol–water partition coefficient (Wildman–Crippen LogP) is 3.98. The number of thioether (sulfide) groups is 1. The van der Waals surface area contributed by atoms with E-state index in [1.54, 1.807) is 18.2 Å². The van der Waals surface area contributed by atoms with Crippen molar-refractivity contribution in [2.24, 2.45) is 0 Å².